The molecule has 1 heterocycles. The summed E-state index contributed by atoms with van der Waals surface area (Å²) in [6.07, 6.45) is 6.01. The summed E-state index contributed by atoms with van der Waals surface area (Å²) in [5.74, 6) is 2.24. The van der Waals surface area contributed by atoms with E-state index in [4.69, 9.17) is 10.00 Å². The summed E-state index contributed by atoms with van der Waals surface area (Å²) in [5.41, 5.74) is 1.65. The van der Waals surface area contributed by atoms with E-state index in [2.05, 4.69) is 34.8 Å². The molecule has 1 aromatic rings. The average molecular weight is 347 g/mol. The molecule has 110 valence electrons. The van der Waals surface area contributed by atoms with Gasteiger partial charge in [0.2, 0.25) is 6.19 Å². The van der Waals surface area contributed by atoms with Gasteiger partial charge in [-0.1, -0.05) is 29.8 Å². The van der Waals surface area contributed by atoms with Crippen molar-refractivity contribution in [1.29, 1.82) is 5.26 Å². The number of halogens is 1. The standard InChI is InChI=1S/C17H19BrN2O/c1-11(2)12-5-6-17(8-12)9-15(20-10-19)14-7-13(18)3-4-16(14)21-17/h3-4,7,11-12H,5-6,8-9H2,1-2H3. The highest BCUT2D eigenvalue weighted by Gasteiger charge is 2.46. The Morgan fingerprint density at radius 2 is 2.29 bits per heavy atom. The zero-order valence-electron chi connectivity index (χ0n) is 12.4. The summed E-state index contributed by atoms with van der Waals surface area (Å²) in [5, 5.41) is 8.99. The normalized spacial score (nSPS) is 29.5. The third-order valence-electron chi connectivity index (χ3n) is 4.80. The van der Waals surface area contributed by atoms with Gasteiger partial charge in [0.15, 0.2) is 0 Å². The van der Waals surface area contributed by atoms with Crippen LogP contribution in [-0.4, -0.2) is 11.3 Å². The maximum Gasteiger partial charge on any atom is 0.205 e. The Labute approximate surface area is 134 Å². The molecule has 0 amide bonds. The molecule has 1 aromatic carbocycles. The zero-order valence-corrected chi connectivity index (χ0v) is 14.0. The van der Waals surface area contributed by atoms with Gasteiger partial charge in [0, 0.05) is 16.5 Å². The van der Waals surface area contributed by atoms with E-state index in [0.717, 1.165) is 40.8 Å². The van der Waals surface area contributed by atoms with E-state index < -0.39 is 0 Å². The molecule has 4 heteroatoms. The second kappa shape index (κ2) is 5.46. The fourth-order valence-electron chi connectivity index (χ4n) is 3.60. The van der Waals surface area contributed by atoms with Crippen molar-refractivity contribution in [3.8, 4) is 11.9 Å². The van der Waals surface area contributed by atoms with Gasteiger partial charge in [0.1, 0.15) is 11.4 Å². The van der Waals surface area contributed by atoms with Gasteiger partial charge in [0.25, 0.3) is 0 Å². The predicted molar refractivity (Wildman–Crippen MR) is 86.4 cm³/mol. The topological polar surface area (TPSA) is 45.4 Å². The maximum absolute atomic E-state index is 8.99. The Hall–Kier alpha value is -1.34. The molecule has 1 saturated carbocycles. The van der Waals surface area contributed by atoms with Crippen LogP contribution >= 0.6 is 15.9 Å². The van der Waals surface area contributed by atoms with Crippen LogP contribution in [0.1, 0.15) is 45.1 Å². The van der Waals surface area contributed by atoms with Crippen molar-refractivity contribution in [2.45, 2.75) is 45.1 Å². The SMILES string of the molecule is CC(C)C1CCC2(CC(=NC#N)c3cc(Br)ccc3O2)C1. The molecule has 2 atom stereocenters. The first-order chi connectivity index (χ1) is 10.0. The average Bonchev–Trinajstić information content (AvgIpc) is 2.84. The number of nitriles is 1. The number of aliphatic imine (C=N–C) groups is 1. The first kappa shape index (κ1) is 14.6. The second-order valence-corrected chi connectivity index (χ2v) is 7.42. The van der Waals surface area contributed by atoms with Crippen LogP contribution in [0.2, 0.25) is 0 Å². The summed E-state index contributed by atoms with van der Waals surface area (Å²) >= 11 is 3.48. The molecule has 1 aliphatic carbocycles. The molecule has 0 aromatic heterocycles. The summed E-state index contributed by atoms with van der Waals surface area (Å²) in [6, 6.07) is 5.96. The van der Waals surface area contributed by atoms with Crippen LogP contribution in [-0.2, 0) is 0 Å². The lowest BCUT2D eigenvalue weighted by Gasteiger charge is -2.36. The summed E-state index contributed by atoms with van der Waals surface area (Å²) in [4.78, 5) is 4.08. The third kappa shape index (κ3) is 2.72. The maximum atomic E-state index is 8.99. The molecule has 0 saturated heterocycles. The number of benzene rings is 1. The van der Waals surface area contributed by atoms with E-state index in [-0.39, 0.29) is 5.60 Å². The minimum absolute atomic E-state index is 0.161. The lowest BCUT2D eigenvalue weighted by atomic mass is 9.85. The highest BCUT2D eigenvalue weighted by atomic mass is 79.9. The molecular formula is C17H19BrN2O. The highest BCUT2D eigenvalue weighted by molar-refractivity contribution is 9.10. The van der Waals surface area contributed by atoms with Crippen molar-refractivity contribution in [2.24, 2.45) is 16.8 Å². The molecule has 1 aliphatic heterocycles. The van der Waals surface area contributed by atoms with Crippen molar-refractivity contribution in [3.63, 3.8) is 0 Å². The van der Waals surface area contributed by atoms with Gasteiger partial charge in [0.05, 0.1) is 5.71 Å². The number of hydrogen-bond donors (Lipinski definition) is 0. The second-order valence-electron chi connectivity index (χ2n) is 6.51. The summed E-state index contributed by atoms with van der Waals surface area (Å²) in [7, 11) is 0. The van der Waals surface area contributed by atoms with Crippen molar-refractivity contribution >= 4 is 21.6 Å². The van der Waals surface area contributed by atoms with Crippen LogP contribution < -0.4 is 4.74 Å². The van der Waals surface area contributed by atoms with Crippen LogP contribution in [0.5, 0.6) is 5.75 Å². The minimum atomic E-state index is -0.161. The number of nitrogens with zero attached hydrogens (tertiary/aromatic N) is 2. The van der Waals surface area contributed by atoms with Gasteiger partial charge in [-0.05, 0) is 49.3 Å². The molecule has 3 rings (SSSR count). The van der Waals surface area contributed by atoms with Gasteiger partial charge in [-0.2, -0.15) is 10.3 Å². The molecule has 2 unspecified atom stereocenters. The molecule has 1 fully saturated rings. The van der Waals surface area contributed by atoms with Crippen molar-refractivity contribution < 1.29 is 4.74 Å². The molecule has 3 nitrogen and oxygen atoms in total. The van der Waals surface area contributed by atoms with Gasteiger partial charge < -0.3 is 4.74 Å². The zero-order chi connectivity index (χ0) is 15.0. The number of fused-ring (bicyclic) bond motifs is 1. The lowest BCUT2D eigenvalue weighted by Crippen LogP contribution is -2.40. The first-order valence-electron chi connectivity index (χ1n) is 7.47. The largest absolute Gasteiger partial charge is 0.486 e. The fraction of sp³-hybridized carbons (Fsp3) is 0.529. The van der Waals surface area contributed by atoms with E-state index >= 15 is 0 Å². The van der Waals surface area contributed by atoms with Crippen molar-refractivity contribution in [2.75, 3.05) is 0 Å². The Balaban J connectivity index is 1.98. The van der Waals surface area contributed by atoms with Gasteiger partial charge >= 0.3 is 0 Å². The van der Waals surface area contributed by atoms with Gasteiger partial charge in [-0.15, -0.1) is 0 Å². The molecule has 1 spiro atoms. The molecular weight excluding hydrogens is 328 g/mol. The predicted octanol–water partition coefficient (Wildman–Crippen LogP) is 4.70. The first-order valence-corrected chi connectivity index (χ1v) is 8.27. The van der Waals surface area contributed by atoms with Gasteiger partial charge in [-0.25, -0.2) is 0 Å². The number of rotatable bonds is 1. The van der Waals surface area contributed by atoms with Crippen LogP contribution in [0, 0.1) is 23.3 Å². The molecule has 21 heavy (non-hydrogen) atoms. The Morgan fingerprint density at radius 3 is 2.95 bits per heavy atom. The third-order valence-corrected chi connectivity index (χ3v) is 5.29. The van der Waals surface area contributed by atoms with Crippen molar-refractivity contribution in [1.82, 2.24) is 0 Å². The molecule has 0 N–H and O–H groups in total. The molecule has 0 bridgehead atoms. The monoisotopic (exact) mass is 346 g/mol. The minimum Gasteiger partial charge on any atom is -0.486 e. The van der Waals surface area contributed by atoms with Crippen LogP contribution in [0.3, 0.4) is 0 Å². The van der Waals surface area contributed by atoms with E-state index in [1.54, 1.807) is 0 Å². The lowest BCUT2D eigenvalue weighted by molar-refractivity contribution is 0.0708. The van der Waals surface area contributed by atoms with Crippen LogP contribution in [0.25, 0.3) is 0 Å². The molecule has 2 aliphatic rings. The number of hydrogen-bond acceptors (Lipinski definition) is 3. The fourth-order valence-corrected chi connectivity index (χ4v) is 3.96. The van der Waals surface area contributed by atoms with Crippen LogP contribution in [0.4, 0.5) is 0 Å². The summed E-state index contributed by atoms with van der Waals surface area (Å²) in [6.45, 7) is 4.56. The van der Waals surface area contributed by atoms with Crippen molar-refractivity contribution in [3.05, 3.63) is 28.2 Å². The highest BCUT2D eigenvalue weighted by Crippen LogP contribution is 2.47. The Bertz CT molecular complexity index is 632. The Kier molecular flexibility index (Phi) is 3.79. The Morgan fingerprint density at radius 1 is 1.48 bits per heavy atom. The van der Waals surface area contributed by atoms with E-state index in [1.807, 2.05) is 24.4 Å². The van der Waals surface area contributed by atoms with E-state index in [1.165, 1.54) is 6.42 Å². The van der Waals surface area contributed by atoms with E-state index in [0.29, 0.717) is 11.8 Å². The van der Waals surface area contributed by atoms with Gasteiger partial charge in [-0.3, -0.25) is 0 Å². The number of ether oxygens (including phenoxy) is 1. The van der Waals surface area contributed by atoms with E-state index in [9.17, 15) is 0 Å². The molecule has 0 radical (unpaired) electrons. The summed E-state index contributed by atoms with van der Waals surface area (Å²) < 4.78 is 7.37. The van der Waals surface area contributed by atoms with Crippen LogP contribution in [0.15, 0.2) is 27.7 Å². The quantitative estimate of drug-likeness (QED) is 0.692. The smallest absolute Gasteiger partial charge is 0.205 e.